The van der Waals surface area contributed by atoms with E-state index in [1.54, 1.807) is 0 Å². The molecule has 0 spiro atoms. The third kappa shape index (κ3) is 3.02. The molecule has 0 amide bonds. The highest BCUT2D eigenvalue weighted by Crippen LogP contribution is 2.38. The maximum absolute atomic E-state index is 13.4. The van der Waals surface area contributed by atoms with E-state index in [0.717, 1.165) is 18.9 Å². The van der Waals surface area contributed by atoms with Crippen LogP contribution in [0.1, 0.15) is 24.3 Å². The van der Waals surface area contributed by atoms with Crippen LogP contribution in [0.25, 0.3) is 0 Å². The summed E-state index contributed by atoms with van der Waals surface area (Å²) in [6, 6.07) is 14.1. The van der Waals surface area contributed by atoms with Gasteiger partial charge in [0, 0.05) is 17.8 Å². The monoisotopic (exact) mass is 286 g/mol. The predicted molar refractivity (Wildman–Crippen MR) is 78.9 cm³/mol. The standard InChI is InChI=1S/C16H15FN2O2/c17-13-8-15(10-16(9-13)19(20)21)18-14-6-12(7-14)11-4-2-1-3-5-11/h1-5,8-10,12,14,18H,6-7H2. The van der Waals surface area contributed by atoms with E-state index in [-0.39, 0.29) is 11.7 Å². The number of nitrogens with one attached hydrogen (secondary N) is 1. The molecule has 1 N–H and O–H groups in total. The molecule has 2 aromatic carbocycles. The van der Waals surface area contributed by atoms with Gasteiger partial charge in [-0.25, -0.2) is 4.39 Å². The lowest BCUT2D eigenvalue weighted by Crippen LogP contribution is -2.34. The minimum absolute atomic E-state index is 0.226. The topological polar surface area (TPSA) is 55.2 Å². The molecule has 21 heavy (non-hydrogen) atoms. The van der Waals surface area contributed by atoms with E-state index in [2.05, 4.69) is 17.4 Å². The predicted octanol–water partition coefficient (Wildman–Crippen LogP) is 4.09. The Morgan fingerprint density at radius 2 is 1.86 bits per heavy atom. The van der Waals surface area contributed by atoms with Gasteiger partial charge in [0.1, 0.15) is 5.82 Å². The molecule has 1 saturated carbocycles. The van der Waals surface area contributed by atoms with Gasteiger partial charge in [-0.15, -0.1) is 0 Å². The zero-order valence-corrected chi connectivity index (χ0v) is 11.3. The average molecular weight is 286 g/mol. The van der Waals surface area contributed by atoms with Crippen molar-refractivity contribution < 1.29 is 9.31 Å². The van der Waals surface area contributed by atoms with Crippen LogP contribution in [0.3, 0.4) is 0 Å². The van der Waals surface area contributed by atoms with E-state index in [1.807, 2.05) is 18.2 Å². The first-order chi connectivity index (χ1) is 10.1. The van der Waals surface area contributed by atoms with Crippen LogP contribution in [-0.4, -0.2) is 11.0 Å². The molecule has 0 radical (unpaired) electrons. The summed E-state index contributed by atoms with van der Waals surface area (Å²) in [6.45, 7) is 0. The Hall–Kier alpha value is -2.43. The number of non-ortho nitro benzene ring substituents is 1. The van der Waals surface area contributed by atoms with Crippen molar-refractivity contribution >= 4 is 11.4 Å². The number of halogens is 1. The Kier molecular flexibility index (Phi) is 3.56. The lowest BCUT2D eigenvalue weighted by molar-refractivity contribution is -0.385. The number of nitrogens with zero attached hydrogens (tertiary/aromatic N) is 1. The van der Waals surface area contributed by atoms with Crippen LogP contribution in [-0.2, 0) is 0 Å². The van der Waals surface area contributed by atoms with Gasteiger partial charge in [-0.05, 0) is 30.4 Å². The fraction of sp³-hybridized carbons (Fsp3) is 0.250. The van der Waals surface area contributed by atoms with Gasteiger partial charge in [0.15, 0.2) is 0 Å². The van der Waals surface area contributed by atoms with Crippen molar-refractivity contribution in [2.24, 2.45) is 0 Å². The first-order valence-corrected chi connectivity index (χ1v) is 6.88. The largest absolute Gasteiger partial charge is 0.382 e. The molecule has 1 aliphatic rings. The zero-order valence-electron chi connectivity index (χ0n) is 11.3. The molecule has 0 saturated heterocycles. The van der Waals surface area contributed by atoms with Gasteiger partial charge < -0.3 is 5.32 Å². The lowest BCUT2D eigenvalue weighted by Gasteiger charge is -2.36. The van der Waals surface area contributed by atoms with Crippen LogP contribution in [0.4, 0.5) is 15.8 Å². The molecule has 0 atom stereocenters. The molecule has 0 bridgehead atoms. The molecule has 0 aliphatic heterocycles. The maximum Gasteiger partial charge on any atom is 0.274 e. The van der Waals surface area contributed by atoms with Gasteiger partial charge in [-0.1, -0.05) is 30.3 Å². The summed E-state index contributed by atoms with van der Waals surface area (Å²) in [6.07, 6.45) is 1.91. The Morgan fingerprint density at radius 1 is 1.14 bits per heavy atom. The van der Waals surface area contributed by atoms with Crippen molar-refractivity contribution in [1.29, 1.82) is 0 Å². The molecular weight excluding hydrogens is 271 g/mol. The van der Waals surface area contributed by atoms with Crippen molar-refractivity contribution in [2.75, 3.05) is 5.32 Å². The molecular formula is C16H15FN2O2. The number of nitro groups is 1. The quantitative estimate of drug-likeness (QED) is 0.680. The van der Waals surface area contributed by atoms with E-state index in [4.69, 9.17) is 0 Å². The molecule has 2 aromatic rings. The van der Waals surface area contributed by atoms with Gasteiger partial charge in [0.05, 0.1) is 11.0 Å². The number of hydrogen-bond donors (Lipinski definition) is 1. The van der Waals surface area contributed by atoms with Crippen molar-refractivity contribution in [3.05, 3.63) is 70.0 Å². The number of anilines is 1. The smallest absolute Gasteiger partial charge is 0.274 e. The molecule has 1 fully saturated rings. The van der Waals surface area contributed by atoms with Crippen LogP contribution in [0.2, 0.25) is 0 Å². The van der Waals surface area contributed by atoms with E-state index >= 15 is 0 Å². The van der Waals surface area contributed by atoms with Crippen LogP contribution in [0, 0.1) is 15.9 Å². The highest BCUT2D eigenvalue weighted by atomic mass is 19.1. The second-order valence-corrected chi connectivity index (χ2v) is 5.38. The highest BCUT2D eigenvalue weighted by molar-refractivity contribution is 5.52. The molecule has 0 aromatic heterocycles. The number of nitro benzene ring substituents is 1. The average Bonchev–Trinajstić information content (AvgIpc) is 2.42. The molecule has 5 heteroatoms. The van der Waals surface area contributed by atoms with Crippen LogP contribution in [0.15, 0.2) is 48.5 Å². The van der Waals surface area contributed by atoms with Gasteiger partial charge in [0.2, 0.25) is 0 Å². The van der Waals surface area contributed by atoms with E-state index < -0.39 is 10.7 Å². The molecule has 0 heterocycles. The van der Waals surface area contributed by atoms with Gasteiger partial charge >= 0.3 is 0 Å². The van der Waals surface area contributed by atoms with E-state index in [9.17, 15) is 14.5 Å². The van der Waals surface area contributed by atoms with Gasteiger partial charge in [-0.3, -0.25) is 10.1 Å². The Labute approximate surface area is 121 Å². The number of benzene rings is 2. The van der Waals surface area contributed by atoms with Crippen molar-refractivity contribution in [3.63, 3.8) is 0 Å². The number of hydrogen-bond acceptors (Lipinski definition) is 3. The molecule has 108 valence electrons. The Bertz CT molecular complexity index is 655. The summed E-state index contributed by atoms with van der Waals surface area (Å²) < 4.78 is 13.4. The molecule has 4 nitrogen and oxygen atoms in total. The lowest BCUT2D eigenvalue weighted by atomic mass is 9.76. The summed E-state index contributed by atoms with van der Waals surface area (Å²) >= 11 is 0. The summed E-state index contributed by atoms with van der Waals surface area (Å²) in [5.74, 6) is -0.0853. The first kappa shape index (κ1) is 13.5. The fourth-order valence-electron chi connectivity index (χ4n) is 2.73. The second kappa shape index (κ2) is 5.52. The summed E-state index contributed by atoms with van der Waals surface area (Å²) in [5.41, 5.74) is 1.55. The third-order valence-electron chi connectivity index (χ3n) is 3.87. The van der Waals surface area contributed by atoms with Crippen molar-refractivity contribution in [1.82, 2.24) is 0 Å². The van der Waals surface area contributed by atoms with Crippen LogP contribution >= 0.6 is 0 Å². The normalized spacial score (nSPS) is 20.6. The molecule has 0 unspecified atom stereocenters. The maximum atomic E-state index is 13.4. The van der Waals surface area contributed by atoms with Crippen molar-refractivity contribution in [2.45, 2.75) is 24.8 Å². The summed E-state index contributed by atoms with van der Waals surface area (Å²) in [7, 11) is 0. The molecule has 3 rings (SSSR count). The zero-order chi connectivity index (χ0) is 14.8. The van der Waals surface area contributed by atoms with Gasteiger partial charge in [-0.2, -0.15) is 0 Å². The van der Waals surface area contributed by atoms with Gasteiger partial charge in [0.25, 0.3) is 5.69 Å². The van der Waals surface area contributed by atoms with E-state index in [1.165, 1.54) is 17.7 Å². The fourth-order valence-corrected chi connectivity index (χ4v) is 2.73. The SMILES string of the molecule is O=[N+]([O-])c1cc(F)cc(NC2CC(c3ccccc3)C2)c1. The van der Waals surface area contributed by atoms with E-state index in [0.29, 0.717) is 11.6 Å². The third-order valence-corrected chi connectivity index (χ3v) is 3.87. The minimum atomic E-state index is -0.592. The van der Waals surface area contributed by atoms with Crippen molar-refractivity contribution in [3.8, 4) is 0 Å². The number of rotatable bonds is 4. The first-order valence-electron chi connectivity index (χ1n) is 6.88. The molecule has 1 aliphatic carbocycles. The Balaban J connectivity index is 1.63. The van der Waals surface area contributed by atoms with Crippen LogP contribution < -0.4 is 5.32 Å². The Morgan fingerprint density at radius 3 is 2.52 bits per heavy atom. The highest BCUT2D eigenvalue weighted by Gasteiger charge is 2.30. The second-order valence-electron chi connectivity index (χ2n) is 5.38. The summed E-state index contributed by atoms with van der Waals surface area (Å²) in [5, 5.41) is 13.9. The van der Waals surface area contributed by atoms with Crippen LogP contribution in [0.5, 0.6) is 0 Å². The summed E-state index contributed by atoms with van der Waals surface area (Å²) in [4.78, 5) is 10.1. The minimum Gasteiger partial charge on any atom is -0.382 e.